The van der Waals surface area contributed by atoms with Crippen LogP contribution in [0.5, 0.6) is 5.75 Å². The highest BCUT2D eigenvalue weighted by molar-refractivity contribution is 5.83. The van der Waals surface area contributed by atoms with E-state index >= 15 is 0 Å². The first kappa shape index (κ1) is 20.4. The predicted molar refractivity (Wildman–Crippen MR) is 114 cm³/mol. The highest BCUT2D eigenvalue weighted by Crippen LogP contribution is 2.19. The Morgan fingerprint density at radius 3 is 2.61 bits per heavy atom. The molecule has 0 spiro atoms. The number of phenolic OH excluding ortho intramolecular Hbond substituents is 1. The Kier molecular flexibility index (Phi) is 5.82. The van der Waals surface area contributed by atoms with Crippen LogP contribution in [-0.2, 0) is 16.1 Å². The van der Waals surface area contributed by atoms with Gasteiger partial charge in [-0.3, -0.25) is 9.59 Å². The van der Waals surface area contributed by atoms with E-state index in [0.29, 0.717) is 37.1 Å². The monoisotopic (exact) mass is 419 g/mol. The summed E-state index contributed by atoms with van der Waals surface area (Å²) in [5.74, 6) is 0.0314. The summed E-state index contributed by atoms with van der Waals surface area (Å²) in [5, 5.41) is 19.1. The number of phenols is 1. The normalized spacial score (nSPS) is 13.9. The molecule has 2 heterocycles. The second kappa shape index (κ2) is 8.85. The first-order chi connectivity index (χ1) is 15.0. The number of para-hydroxylation sites is 1. The number of carbonyl (C=O) groups excluding carboxylic acids is 1. The highest BCUT2D eigenvalue weighted by atomic mass is 16.5. The zero-order valence-electron chi connectivity index (χ0n) is 16.7. The van der Waals surface area contributed by atoms with Gasteiger partial charge in [-0.2, -0.15) is 5.26 Å². The second-order valence-corrected chi connectivity index (χ2v) is 7.21. The number of benzene rings is 2. The Bertz CT molecular complexity index is 1190. The molecular weight excluding hydrogens is 398 g/mol. The number of hydrogen-bond donors (Lipinski definition) is 2. The van der Waals surface area contributed by atoms with Crippen LogP contribution < -0.4 is 10.5 Å². The van der Waals surface area contributed by atoms with Crippen LogP contribution in [0, 0.1) is 11.3 Å². The van der Waals surface area contributed by atoms with Gasteiger partial charge in [-0.25, -0.2) is 4.98 Å². The van der Waals surface area contributed by atoms with Crippen molar-refractivity contribution in [3.63, 3.8) is 0 Å². The summed E-state index contributed by atoms with van der Waals surface area (Å²) in [6.07, 6.45) is 0. The maximum absolute atomic E-state index is 12.5. The number of H-pyrrole nitrogens is 1. The fraction of sp³-hybridized carbons (Fsp3) is 0.273. The summed E-state index contributed by atoms with van der Waals surface area (Å²) in [6, 6.07) is 14.1. The molecule has 158 valence electrons. The van der Waals surface area contributed by atoms with Gasteiger partial charge in [0.25, 0.3) is 5.56 Å². The first-order valence-corrected chi connectivity index (χ1v) is 9.86. The number of anilines is 1. The largest absolute Gasteiger partial charge is 0.506 e. The van der Waals surface area contributed by atoms with Crippen LogP contribution >= 0.6 is 0 Å². The third kappa shape index (κ3) is 4.49. The summed E-state index contributed by atoms with van der Waals surface area (Å²) >= 11 is 0. The van der Waals surface area contributed by atoms with Gasteiger partial charge in [-0.15, -0.1) is 0 Å². The molecular formula is C22H21N5O4. The van der Waals surface area contributed by atoms with Crippen molar-refractivity contribution in [2.75, 3.05) is 37.7 Å². The van der Waals surface area contributed by atoms with E-state index in [1.54, 1.807) is 29.2 Å². The van der Waals surface area contributed by atoms with Crippen LogP contribution in [-0.4, -0.2) is 58.7 Å². The summed E-state index contributed by atoms with van der Waals surface area (Å²) in [7, 11) is 0. The molecule has 0 bridgehead atoms. The van der Waals surface area contributed by atoms with Crippen molar-refractivity contribution in [1.82, 2.24) is 14.9 Å². The van der Waals surface area contributed by atoms with E-state index in [-0.39, 0.29) is 41.8 Å². The number of rotatable bonds is 5. The van der Waals surface area contributed by atoms with E-state index in [1.165, 1.54) is 6.07 Å². The van der Waals surface area contributed by atoms with Gasteiger partial charge in [0.05, 0.1) is 17.0 Å². The Morgan fingerprint density at radius 1 is 1.16 bits per heavy atom. The Labute approximate surface area is 178 Å². The molecule has 1 aromatic heterocycles. The average molecular weight is 419 g/mol. The predicted octanol–water partition coefficient (Wildman–Crippen LogP) is 1.37. The van der Waals surface area contributed by atoms with Crippen molar-refractivity contribution in [1.29, 1.82) is 5.26 Å². The van der Waals surface area contributed by atoms with Crippen LogP contribution in [0.25, 0.3) is 10.9 Å². The number of nitrogens with one attached hydrogen (secondary N) is 1. The standard InChI is InChI=1S/C22H21N5O4/c23-12-15-4-6-16(7-5-15)26-8-10-27(11-9-26)20(29)14-31-13-19-24-21-17(22(30)25-19)2-1-3-18(21)28/h1-7,28H,8-11,13-14H2,(H,24,25,30). The molecule has 1 fully saturated rings. The molecule has 1 saturated heterocycles. The molecule has 0 aliphatic carbocycles. The van der Waals surface area contributed by atoms with Gasteiger partial charge in [-0.05, 0) is 36.4 Å². The Morgan fingerprint density at radius 2 is 1.90 bits per heavy atom. The number of amides is 1. The lowest BCUT2D eigenvalue weighted by Crippen LogP contribution is -2.49. The smallest absolute Gasteiger partial charge is 0.258 e. The lowest BCUT2D eigenvalue weighted by Gasteiger charge is -2.36. The summed E-state index contributed by atoms with van der Waals surface area (Å²) in [6.45, 7) is 2.35. The molecule has 9 nitrogen and oxygen atoms in total. The van der Waals surface area contributed by atoms with Crippen LogP contribution in [0.3, 0.4) is 0 Å². The van der Waals surface area contributed by atoms with Crippen molar-refractivity contribution >= 4 is 22.5 Å². The average Bonchev–Trinajstić information content (AvgIpc) is 2.80. The zero-order chi connectivity index (χ0) is 21.8. The molecule has 0 saturated carbocycles. The van der Waals surface area contributed by atoms with E-state index in [9.17, 15) is 14.7 Å². The number of aromatic nitrogens is 2. The number of ether oxygens (including phenoxy) is 1. The number of piperazine rings is 1. The second-order valence-electron chi connectivity index (χ2n) is 7.21. The van der Waals surface area contributed by atoms with Gasteiger partial charge < -0.3 is 24.6 Å². The van der Waals surface area contributed by atoms with Gasteiger partial charge >= 0.3 is 0 Å². The maximum Gasteiger partial charge on any atom is 0.258 e. The molecule has 1 aliphatic heterocycles. The SMILES string of the molecule is N#Cc1ccc(N2CCN(C(=O)COCc3nc4c(O)cccc4c(=O)[nH]3)CC2)cc1. The number of hydrogen-bond acceptors (Lipinski definition) is 7. The number of carbonyl (C=O) groups is 1. The molecule has 31 heavy (non-hydrogen) atoms. The molecule has 2 aromatic carbocycles. The summed E-state index contributed by atoms with van der Waals surface area (Å²) < 4.78 is 5.47. The maximum atomic E-state index is 12.5. The fourth-order valence-corrected chi connectivity index (χ4v) is 3.55. The summed E-state index contributed by atoms with van der Waals surface area (Å²) in [5.41, 5.74) is 1.48. The number of nitriles is 1. The lowest BCUT2D eigenvalue weighted by molar-refractivity contribution is -0.136. The molecule has 4 rings (SSSR count). The van der Waals surface area contributed by atoms with Crippen molar-refractivity contribution < 1.29 is 14.6 Å². The van der Waals surface area contributed by atoms with Crippen molar-refractivity contribution in [2.24, 2.45) is 0 Å². The molecule has 0 atom stereocenters. The van der Waals surface area contributed by atoms with Crippen molar-refractivity contribution in [2.45, 2.75) is 6.61 Å². The van der Waals surface area contributed by atoms with E-state index in [2.05, 4.69) is 20.9 Å². The summed E-state index contributed by atoms with van der Waals surface area (Å²) in [4.78, 5) is 35.3. The molecule has 0 unspecified atom stereocenters. The van der Waals surface area contributed by atoms with Gasteiger partial charge in [0.1, 0.15) is 30.3 Å². The van der Waals surface area contributed by atoms with Crippen LogP contribution in [0.15, 0.2) is 47.3 Å². The molecule has 9 heteroatoms. The number of fused-ring (bicyclic) bond motifs is 1. The van der Waals surface area contributed by atoms with Gasteiger partial charge in [0, 0.05) is 31.9 Å². The third-order valence-corrected chi connectivity index (χ3v) is 5.22. The number of aromatic hydroxyl groups is 1. The van der Waals surface area contributed by atoms with Crippen molar-refractivity contribution in [3.8, 4) is 11.8 Å². The highest BCUT2D eigenvalue weighted by Gasteiger charge is 2.21. The minimum atomic E-state index is -0.371. The van der Waals surface area contributed by atoms with Crippen molar-refractivity contribution in [3.05, 3.63) is 64.2 Å². The Hall–Kier alpha value is -3.90. The molecule has 0 radical (unpaired) electrons. The van der Waals surface area contributed by atoms with Crippen LogP contribution in [0.4, 0.5) is 5.69 Å². The molecule has 1 amide bonds. The molecule has 1 aliphatic rings. The van der Waals surface area contributed by atoms with Gasteiger partial charge in [0.15, 0.2) is 0 Å². The van der Waals surface area contributed by atoms with Crippen LogP contribution in [0.2, 0.25) is 0 Å². The number of nitrogens with zero attached hydrogens (tertiary/aromatic N) is 4. The first-order valence-electron chi connectivity index (χ1n) is 9.86. The molecule has 3 aromatic rings. The van der Waals surface area contributed by atoms with Gasteiger partial charge in [0.2, 0.25) is 5.91 Å². The third-order valence-electron chi connectivity index (χ3n) is 5.22. The molecule has 2 N–H and O–H groups in total. The Balaban J connectivity index is 1.29. The number of aromatic amines is 1. The topological polar surface area (TPSA) is 123 Å². The quantitative estimate of drug-likeness (QED) is 0.640. The zero-order valence-corrected chi connectivity index (χ0v) is 16.7. The van der Waals surface area contributed by atoms with Gasteiger partial charge in [-0.1, -0.05) is 6.07 Å². The lowest BCUT2D eigenvalue weighted by atomic mass is 10.2. The minimum Gasteiger partial charge on any atom is -0.506 e. The van der Waals surface area contributed by atoms with Crippen LogP contribution in [0.1, 0.15) is 11.4 Å². The fourth-order valence-electron chi connectivity index (χ4n) is 3.55. The van der Waals surface area contributed by atoms with E-state index in [1.807, 2.05) is 12.1 Å². The minimum absolute atomic E-state index is 0.0452. The van der Waals surface area contributed by atoms with E-state index < -0.39 is 0 Å². The van der Waals surface area contributed by atoms with E-state index in [4.69, 9.17) is 10.00 Å². The van der Waals surface area contributed by atoms with E-state index in [0.717, 1.165) is 5.69 Å².